The van der Waals surface area contributed by atoms with E-state index < -0.39 is 22.4 Å². The van der Waals surface area contributed by atoms with E-state index in [1.165, 1.54) is 13.8 Å². The van der Waals surface area contributed by atoms with Crippen LogP contribution in [-0.2, 0) is 9.53 Å². The standard InChI is InChI=1S/C11H19NO5/c1-5-11(14,8(3)7-12(15)16)9(4)10(13)17-6-2/h7,9,14H,5-6H2,1-4H3/b8-7+. The minimum atomic E-state index is -1.54. The molecular formula is C11H19NO5. The number of nitro groups is 1. The molecule has 6 nitrogen and oxygen atoms in total. The molecule has 0 heterocycles. The summed E-state index contributed by atoms with van der Waals surface area (Å²) in [4.78, 5) is 21.3. The van der Waals surface area contributed by atoms with Gasteiger partial charge in [-0.3, -0.25) is 14.9 Å². The first kappa shape index (κ1) is 15.6. The third-order valence-corrected chi connectivity index (χ3v) is 2.88. The monoisotopic (exact) mass is 245 g/mol. The van der Waals surface area contributed by atoms with E-state index in [0.29, 0.717) is 0 Å². The van der Waals surface area contributed by atoms with Crippen molar-refractivity contribution >= 4 is 5.97 Å². The van der Waals surface area contributed by atoms with Crippen molar-refractivity contribution < 1.29 is 19.6 Å². The number of carbonyl (C=O) groups is 1. The van der Waals surface area contributed by atoms with E-state index in [4.69, 9.17) is 4.74 Å². The van der Waals surface area contributed by atoms with Crippen LogP contribution in [0.4, 0.5) is 0 Å². The van der Waals surface area contributed by atoms with Crippen LogP contribution in [0.5, 0.6) is 0 Å². The minimum absolute atomic E-state index is 0.144. The van der Waals surface area contributed by atoms with Gasteiger partial charge in [0.25, 0.3) is 0 Å². The van der Waals surface area contributed by atoms with Crippen molar-refractivity contribution in [1.82, 2.24) is 0 Å². The summed E-state index contributed by atoms with van der Waals surface area (Å²) in [5, 5.41) is 20.7. The molecule has 0 aromatic carbocycles. The molecule has 98 valence electrons. The lowest BCUT2D eigenvalue weighted by Crippen LogP contribution is -2.42. The van der Waals surface area contributed by atoms with Gasteiger partial charge in [-0.15, -0.1) is 0 Å². The van der Waals surface area contributed by atoms with E-state index in [1.54, 1.807) is 13.8 Å². The van der Waals surface area contributed by atoms with Crippen LogP contribution in [0, 0.1) is 16.0 Å². The summed E-state index contributed by atoms with van der Waals surface area (Å²) in [6.45, 7) is 6.46. The molecule has 1 N–H and O–H groups in total. The van der Waals surface area contributed by atoms with Gasteiger partial charge in [0.15, 0.2) is 0 Å². The van der Waals surface area contributed by atoms with Gasteiger partial charge in [-0.2, -0.15) is 0 Å². The second-order valence-corrected chi connectivity index (χ2v) is 3.85. The second-order valence-electron chi connectivity index (χ2n) is 3.85. The summed E-state index contributed by atoms with van der Waals surface area (Å²) in [5.74, 6) is -1.41. The van der Waals surface area contributed by atoms with E-state index >= 15 is 0 Å². The van der Waals surface area contributed by atoms with Gasteiger partial charge < -0.3 is 9.84 Å². The average molecular weight is 245 g/mol. The van der Waals surface area contributed by atoms with Crippen LogP contribution < -0.4 is 0 Å². The molecule has 0 aliphatic carbocycles. The van der Waals surface area contributed by atoms with E-state index in [-0.39, 0.29) is 18.6 Å². The number of hydrogen-bond donors (Lipinski definition) is 1. The van der Waals surface area contributed by atoms with Gasteiger partial charge in [0.05, 0.1) is 17.4 Å². The molecule has 6 heteroatoms. The molecular weight excluding hydrogens is 226 g/mol. The maximum Gasteiger partial charge on any atom is 0.311 e. The molecule has 0 amide bonds. The molecule has 0 saturated heterocycles. The third kappa shape index (κ3) is 3.81. The van der Waals surface area contributed by atoms with Crippen molar-refractivity contribution in [3.8, 4) is 0 Å². The highest BCUT2D eigenvalue weighted by molar-refractivity contribution is 5.74. The van der Waals surface area contributed by atoms with E-state index in [9.17, 15) is 20.0 Å². The van der Waals surface area contributed by atoms with Crippen LogP contribution in [0.2, 0.25) is 0 Å². The van der Waals surface area contributed by atoms with Crippen LogP contribution >= 0.6 is 0 Å². The van der Waals surface area contributed by atoms with E-state index in [2.05, 4.69) is 0 Å². The Morgan fingerprint density at radius 2 is 2.12 bits per heavy atom. The lowest BCUT2D eigenvalue weighted by Gasteiger charge is -2.31. The predicted molar refractivity (Wildman–Crippen MR) is 61.8 cm³/mol. The zero-order valence-electron chi connectivity index (χ0n) is 10.6. The maximum absolute atomic E-state index is 11.6. The molecule has 0 aromatic rings. The van der Waals surface area contributed by atoms with Crippen LogP contribution in [0.15, 0.2) is 11.8 Å². The predicted octanol–water partition coefficient (Wildman–Crippen LogP) is 1.51. The Labute approximate surface area is 100 Å². The number of carbonyl (C=O) groups excluding carboxylic acids is 1. The largest absolute Gasteiger partial charge is 0.466 e. The van der Waals surface area contributed by atoms with Gasteiger partial charge in [0.1, 0.15) is 5.60 Å². The van der Waals surface area contributed by atoms with Gasteiger partial charge in [0, 0.05) is 5.57 Å². The average Bonchev–Trinajstić information content (AvgIpc) is 2.26. The minimum Gasteiger partial charge on any atom is -0.466 e. The number of esters is 1. The number of aliphatic hydroxyl groups is 1. The van der Waals surface area contributed by atoms with E-state index in [1.807, 2.05) is 0 Å². The zero-order valence-corrected chi connectivity index (χ0v) is 10.6. The third-order valence-electron chi connectivity index (χ3n) is 2.88. The molecule has 17 heavy (non-hydrogen) atoms. The first-order valence-electron chi connectivity index (χ1n) is 5.51. The topological polar surface area (TPSA) is 89.7 Å². The number of nitrogens with zero attached hydrogens (tertiary/aromatic N) is 1. The fourth-order valence-electron chi connectivity index (χ4n) is 1.66. The summed E-state index contributed by atoms with van der Waals surface area (Å²) in [6, 6.07) is 0. The highest BCUT2D eigenvalue weighted by Crippen LogP contribution is 2.30. The number of hydrogen-bond acceptors (Lipinski definition) is 5. The molecule has 0 spiro atoms. The highest BCUT2D eigenvalue weighted by Gasteiger charge is 2.40. The zero-order chi connectivity index (χ0) is 13.6. The number of ether oxygens (including phenoxy) is 1. The fourth-order valence-corrected chi connectivity index (χ4v) is 1.66. The Hall–Kier alpha value is -1.43. The van der Waals surface area contributed by atoms with Crippen molar-refractivity contribution in [1.29, 1.82) is 0 Å². The van der Waals surface area contributed by atoms with Crippen LogP contribution in [0.3, 0.4) is 0 Å². The summed E-state index contributed by atoms with van der Waals surface area (Å²) >= 11 is 0. The summed E-state index contributed by atoms with van der Waals surface area (Å²) in [6.07, 6.45) is 0.919. The van der Waals surface area contributed by atoms with Gasteiger partial charge in [-0.05, 0) is 27.2 Å². The Morgan fingerprint density at radius 1 is 1.59 bits per heavy atom. The Morgan fingerprint density at radius 3 is 2.47 bits per heavy atom. The highest BCUT2D eigenvalue weighted by atomic mass is 16.6. The molecule has 0 aliphatic rings. The molecule has 0 rings (SSSR count). The molecule has 0 aliphatic heterocycles. The van der Waals surface area contributed by atoms with E-state index in [0.717, 1.165) is 6.20 Å². The van der Waals surface area contributed by atoms with Crippen molar-refractivity contribution in [3.63, 3.8) is 0 Å². The Balaban J connectivity index is 5.13. The summed E-state index contributed by atoms with van der Waals surface area (Å²) < 4.78 is 4.81. The maximum atomic E-state index is 11.6. The van der Waals surface area contributed by atoms with Crippen molar-refractivity contribution in [2.24, 2.45) is 5.92 Å². The molecule has 0 saturated carbocycles. The van der Waals surface area contributed by atoms with Crippen molar-refractivity contribution in [3.05, 3.63) is 21.9 Å². The van der Waals surface area contributed by atoms with Crippen molar-refractivity contribution in [2.75, 3.05) is 6.61 Å². The second kappa shape index (κ2) is 6.34. The van der Waals surface area contributed by atoms with Crippen LogP contribution in [0.1, 0.15) is 34.1 Å². The fraction of sp³-hybridized carbons (Fsp3) is 0.727. The van der Waals surface area contributed by atoms with Crippen LogP contribution in [0.25, 0.3) is 0 Å². The lowest BCUT2D eigenvalue weighted by molar-refractivity contribution is -0.404. The van der Waals surface area contributed by atoms with Crippen LogP contribution in [-0.4, -0.2) is 28.2 Å². The molecule has 0 fully saturated rings. The molecule has 0 radical (unpaired) electrons. The lowest BCUT2D eigenvalue weighted by atomic mass is 9.81. The smallest absolute Gasteiger partial charge is 0.311 e. The first-order valence-corrected chi connectivity index (χ1v) is 5.51. The quantitative estimate of drug-likeness (QED) is 0.435. The normalized spacial score (nSPS) is 17.1. The summed E-state index contributed by atoms with van der Waals surface area (Å²) in [5.41, 5.74) is -1.40. The molecule has 2 unspecified atom stereocenters. The first-order chi connectivity index (χ1) is 7.79. The Bertz CT molecular complexity index is 326. The summed E-state index contributed by atoms with van der Waals surface area (Å²) in [7, 11) is 0. The molecule has 0 bridgehead atoms. The molecule has 2 atom stereocenters. The van der Waals surface area contributed by atoms with Gasteiger partial charge >= 0.3 is 5.97 Å². The van der Waals surface area contributed by atoms with Gasteiger partial charge in [-0.25, -0.2) is 0 Å². The van der Waals surface area contributed by atoms with Gasteiger partial charge in [0.2, 0.25) is 6.20 Å². The SMILES string of the molecule is CCOC(=O)C(C)C(O)(CC)/C(C)=C/[N+](=O)[O-]. The Kier molecular flexibility index (Phi) is 5.81. The van der Waals surface area contributed by atoms with Gasteiger partial charge in [-0.1, -0.05) is 6.92 Å². The van der Waals surface area contributed by atoms with Crippen molar-refractivity contribution in [2.45, 2.75) is 39.7 Å². The molecule has 0 aromatic heterocycles. The number of rotatable bonds is 6.